The molecule has 0 aliphatic carbocycles. The molecule has 3 aromatic heterocycles. The van der Waals surface area contributed by atoms with Gasteiger partial charge < -0.3 is 23.4 Å². The zero-order valence-corrected chi connectivity index (χ0v) is 15.4. The van der Waals surface area contributed by atoms with Gasteiger partial charge in [-0.15, -0.1) is 0 Å². The van der Waals surface area contributed by atoms with Gasteiger partial charge in [-0.1, -0.05) is 0 Å². The van der Waals surface area contributed by atoms with E-state index in [-0.39, 0.29) is 0 Å². The number of ether oxygens (including phenoxy) is 2. The van der Waals surface area contributed by atoms with Crippen molar-refractivity contribution in [1.82, 2.24) is 19.5 Å². The van der Waals surface area contributed by atoms with Gasteiger partial charge in [-0.2, -0.15) is 4.98 Å². The molecule has 28 heavy (non-hydrogen) atoms. The average Bonchev–Trinajstić information content (AvgIpc) is 3.38. The molecule has 0 atom stereocenters. The number of anilines is 1. The Bertz CT molecular complexity index is 1100. The van der Waals surface area contributed by atoms with Gasteiger partial charge in [0.15, 0.2) is 5.58 Å². The molecule has 0 unspecified atom stereocenters. The summed E-state index contributed by atoms with van der Waals surface area (Å²) in [4.78, 5) is 15.3. The largest absolute Gasteiger partial charge is 0.495 e. The van der Waals surface area contributed by atoms with Crippen LogP contribution in [0, 0.1) is 0 Å². The summed E-state index contributed by atoms with van der Waals surface area (Å²) in [6.07, 6.45) is 5.42. The molecule has 1 aromatic carbocycles. The Morgan fingerprint density at radius 1 is 1.11 bits per heavy atom. The first-order valence-electron chi connectivity index (χ1n) is 9.05. The van der Waals surface area contributed by atoms with Crippen molar-refractivity contribution in [2.45, 2.75) is 19.7 Å². The summed E-state index contributed by atoms with van der Waals surface area (Å²) in [5.74, 6) is 1.45. The van der Waals surface area contributed by atoms with Gasteiger partial charge in [0.1, 0.15) is 23.6 Å². The molecule has 0 saturated carbocycles. The van der Waals surface area contributed by atoms with Gasteiger partial charge in [-0.05, 0) is 24.3 Å². The number of benzene rings is 1. The quantitative estimate of drug-likeness (QED) is 0.529. The zero-order valence-electron chi connectivity index (χ0n) is 15.4. The Kier molecular flexibility index (Phi) is 4.08. The molecule has 4 heterocycles. The molecule has 0 bridgehead atoms. The standard InChI is InChI=1S/C20H19N5O3/c1-26-17-3-2-14(22-10-17)12-27-16-4-5-19-18(8-16)23-20(28-19)24-6-7-25-13-21-9-15(25)11-24/h2-5,8-10,13H,6-7,11-12H2,1H3. The molecule has 1 aliphatic heterocycles. The predicted molar refractivity (Wildman–Crippen MR) is 102 cm³/mol. The number of hydrogen-bond donors (Lipinski definition) is 0. The monoisotopic (exact) mass is 377 g/mol. The van der Waals surface area contributed by atoms with Gasteiger partial charge in [-0.25, -0.2) is 4.98 Å². The molecule has 0 spiro atoms. The number of imidazole rings is 1. The van der Waals surface area contributed by atoms with E-state index < -0.39 is 0 Å². The highest BCUT2D eigenvalue weighted by Crippen LogP contribution is 2.28. The Balaban J connectivity index is 1.31. The third-order valence-corrected chi connectivity index (χ3v) is 4.80. The van der Waals surface area contributed by atoms with Crippen molar-refractivity contribution in [1.29, 1.82) is 0 Å². The zero-order chi connectivity index (χ0) is 18.9. The Labute approximate surface area is 161 Å². The fraction of sp³-hybridized carbons (Fsp3) is 0.250. The highest BCUT2D eigenvalue weighted by Gasteiger charge is 2.20. The van der Waals surface area contributed by atoms with Crippen molar-refractivity contribution < 1.29 is 13.9 Å². The number of hydrogen-bond acceptors (Lipinski definition) is 7. The van der Waals surface area contributed by atoms with E-state index in [2.05, 4.69) is 24.4 Å². The van der Waals surface area contributed by atoms with E-state index in [1.165, 1.54) is 0 Å². The number of rotatable bonds is 5. The summed E-state index contributed by atoms with van der Waals surface area (Å²) in [7, 11) is 1.62. The van der Waals surface area contributed by atoms with E-state index in [1.54, 1.807) is 13.3 Å². The fourth-order valence-corrected chi connectivity index (χ4v) is 3.24. The van der Waals surface area contributed by atoms with E-state index >= 15 is 0 Å². The van der Waals surface area contributed by atoms with Crippen LogP contribution in [0.4, 0.5) is 6.01 Å². The minimum absolute atomic E-state index is 0.371. The summed E-state index contributed by atoms with van der Waals surface area (Å²) in [6.45, 7) is 2.82. The van der Waals surface area contributed by atoms with E-state index in [1.807, 2.05) is 42.9 Å². The normalized spacial score (nSPS) is 13.5. The van der Waals surface area contributed by atoms with Crippen LogP contribution in [-0.2, 0) is 19.7 Å². The van der Waals surface area contributed by atoms with E-state index in [4.69, 9.17) is 13.9 Å². The molecule has 0 saturated heterocycles. The van der Waals surface area contributed by atoms with Crippen molar-refractivity contribution in [3.8, 4) is 11.5 Å². The fourth-order valence-electron chi connectivity index (χ4n) is 3.24. The lowest BCUT2D eigenvalue weighted by molar-refractivity contribution is 0.301. The Morgan fingerprint density at radius 3 is 2.89 bits per heavy atom. The van der Waals surface area contributed by atoms with Gasteiger partial charge >= 0.3 is 0 Å². The van der Waals surface area contributed by atoms with Gasteiger partial charge in [0.2, 0.25) is 0 Å². The van der Waals surface area contributed by atoms with Crippen molar-refractivity contribution >= 4 is 17.1 Å². The summed E-state index contributed by atoms with van der Waals surface area (Å²) >= 11 is 0. The lowest BCUT2D eigenvalue weighted by atomic mass is 10.3. The van der Waals surface area contributed by atoms with Crippen molar-refractivity contribution in [3.63, 3.8) is 0 Å². The SMILES string of the molecule is COc1ccc(COc2ccc3oc(N4CCn5cncc5C4)nc3c2)nc1. The molecular formula is C20H19N5O3. The first-order chi connectivity index (χ1) is 13.8. The summed E-state index contributed by atoms with van der Waals surface area (Å²) in [5, 5.41) is 0. The minimum atomic E-state index is 0.371. The minimum Gasteiger partial charge on any atom is -0.495 e. The van der Waals surface area contributed by atoms with Crippen molar-refractivity contribution in [2.24, 2.45) is 0 Å². The molecular weight excluding hydrogens is 358 g/mol. The number of nitrogens with zero attached hydrogens (tertiary/aromatic N) is 5. The first-order valence-corrected chi connectivity index (χ1v) is 9.05. The topological polar surface area (TPSA) is 78.4 Å². The van der Waals surface area contributed by atoms with Gasteiger partial charge in [0, 0.05) is 25.4 Å². The van der Waals surface area contributed by atoms with Crippen LogP contribution in [0.1, 0.15) is 11.4 Å². The van der Waals surface area contributed by atoms with Crippen LogP contribution in [0.5, 0.6) is 11.5 Å². The van der Waals surface area contributed by atoms with E-state index in [0.29, 0.717) is 12.6 Å². The molecule has 0 amide bonds. The van der Waals surface area contributed by atoms with Crippen LogP contribution in [0.15, 0.2) is 53.5 Å². The number of fused-ring (bicyclic) bond motifs is 2. The van der Waals surface area contributed by atoms with Crippen LogP contribution in [0.2, 0.25) is 0 Å². The molecule has 0 fully saturated rings. The van der Waals surface area contributed by atoms with Crippen LogP contribution in [-0.4, -0.2) is 33.2 Å². The summed E-state index contributed by atoms with van der Waals surface area (Å²) in [5.41, 5.74) is 3.49. The van der Waals surface area contributed by atoms with Crippen LogP contribution in [0.3, 0.4) is 0 Å². The maximum atomic E-state index is 5.95. The second-order valence-electron chi connectivity index (χ2n) is 6.60. The number of methoxy groups -OCH3 is 1. The maximum Gasteiger partial charge on any atom is 0.298 e. The summed E-state index contributed by atoms with van der Waals surface area (Å²) < 4.78 is 19.1. The van der Waals surface area contributed by atoms with Crippen LogP contribution < -0.4 is 14.4 Å². The predicted octanol–water partition coefficient (Wildman–Crippen LogP) is 3.03. The second kappa shape index (κ2) is 6.88. The van der Waals surface area contributed by atoms with Crippen molar-refractivity contribution in [3.05, 3.63) is 60.4 Å². The molecule has 5 rings (SSSR count). The lowest BCUT2D eigenvalue weighted by Gasteiger charge is -2.26. The summed E-state index contributed by atoms with van der Waals surface area (Å²) in [6, 6.07) is 10.0. The van der Waals surface area contributed by atoms with Gasteiger partial charge in [0.05, 0.1) is 37.6 Å². The Morgan fingerprint density at radius 2 is 2.04 bits per heavy atom. The molecule has 4 aromatic rings. The average molecular weight is 377 g/mol. The van der Waals surface area contributed by atoms with E-state index in [9.17, 15) is 0 Å². The number of pyridine rings is 1. The highest BCUT2D eigenvalue weighted by atomic mass is 16.5. The molecule has 0 N–H and O–H groups in total. The lowest BCUT2D eigenvalue weighted by Crippen LogP contribution is -2.33. The molecule has 142 valence electrons. The highest BCUT2D eigenvalue weighted by molar-refractivity contribution is 5.76. The number of oxazole rings is 1. The second-order valence-corrected chi connectivity index (χ2v) is 6.60. The van der Waals surface area contributed by atoms with Crippen LogP contribution in [0.25, 0.3) is 11.1 Å². The molecule has 8 nitrogen and oxygen atoms in total. The van der Waals surface area contributed by atoms with Gasteiger partial charge in [-0.3, -0.25) is 4.98 Å². The smallest absolute Gasteiger partial charge is 0.298 e. The maximum absolute atomic E-state index is 5.95. The Hall–Kier alpha value is -3.55. The van der Waals surface area contributed by atoms with Gasteiger partial charge in [0.25, 0.3) is 6.01 Å². The van der Waals surface area contributed by atoms with Crippen LogP contribution >= 0.6 is 0 Å². The molecule has 0 radical (unpaired) electrons. The van der Waals surface area contributed by atoms with E-state index in [0.717, 1.165) is 53.6 Å². The third kappa shape index (κ3) is 3.13. The van der Waals surface area contributed by atoms with Crippen molar-refractivity contribution in [2.75, 3.05) is 18.6 Å². The molecule has 1 aliphatic rings. The number of aromatic nitrogens is 4. The third-order valence-electron chi connectivity index (χ3n) is 4.80. The molecule has 8 heteroatoms. The first kappa shape index (κ1) is 16.6.